The van der Waals surface area contributed by atoms with Crippen LogP contribution in [0.5, 0.6) is 0 Å². The van der Waals surface area contributed by atoms with Gasteiger partial charge >= 0.3 is 5.97 Å². The van der Waals surface area contributed by atoms with Crippen molar-refractivity contribution in [3.05, 3.63) is 28.2 Å². The summed E-state index contributed by atoms with van der Waals surface area (Å²) in [5, 5.41) is 9.24. The molecule has 1 aromatic rings. The van der Waals surface area contributed by atoms with Crippen LogP contribution in [0.15, 0.2) is 27.6 Å². The lowest BCUT2D eigenvalue weighted by Gasteiger charge is -2.22. The number of rotatable bonds is 3. The summed E-state index contributed by atoms with van der Waals surface area (Å²) in [5.74, 6) is -1.47. The summed E-state index contributed by atoms with van der Waals surface area (Å²) in [6, 6.07) is 4.35. The molecule has 2 saturated heterocycles. The molecular weight excluding hydrogens is 358 g/mol. The molecule has 5 nitrogen and oxygen atoms in total. The third kappa shape index (κ3) is 2.31. The molecule has 0 aromatic heterocycles. The number of carboxylic acid groups (broad SMARTS) is 1. The van der Waals surface area contributed by atoms with Gasteiger partial charge in [-0.3, -0.25) is 4.79 Å². The van der Waals surface area contributed by atoms with Crippen molar-refractivity contribution in [1.82, 2.24) is 4.31 Å². The number of fused-ring (bicyclic) bond motifs is 2. The largest absolute Gasteiger partial charge is 0.481 e. The Morgan fingerprint density at radius 3 is 2.67 bits per heavy atom. The zero-order valence-corrected chi connectivity index (χ0v) is 13.9. The Bertz CT molecular complexity index is 703. The molecule has 3 unspecified atom stereocenters. The van der Waals surface area contributed by atoms with E-state index < -0.39 is 28.0 Å². The molecule has 2 aliphatic rings. The molecule has 7 heteroatoms. The molecule has 0 amide bonds. The fourth-order valence-electron chi connectivity index (χ4n) is 3.43. The van der Waals surface area contributed by atoms with E-state index in [9.17, 15) is 18.3 Å². The molecule has 2 bridgehead atoms. The number of carboxylic acids is 1. The molecule has 1 N–H and O–H groups in total. The zero-order chi connectivity index (χ0) is 15.4. The molecule has 3 rings (SSSR count). The van der Waals surface area contributed by atoms with Gasteiger partial charge in [0.05, 0.1) is 10.8 Å². The van der Waals surface area contributed by atoms with E-state index in [4.69, 9.17) is 0 Å². The molecule has 2 aliphatic heterocycles. The minimum absolute atomic E-state index is 0.179. The minimum Gasteiger partial charge on any atom is -0.481 e. The predicted octanol–water partition coefficient (Wildman–Crippen LogP) is 2.38. The monoisotopic (exact) mass is 373 g/mol. The van der Waals surface area contributed by atoms with E-state index in [1.807, 2.05) is 6.92 Å². The lowest BCUT2D eigenvalue weighted by Crippen LogP contribution is -2.37. The second kappa shape index (κ2) is 5.07. The van der Waals surface area contributed by atoms with Gasteiger partial charge in [0.2, 0.25) is 10.0 Å². The number of hydrogen-bond acceptors (Lipinski definition) is 3. The van der Waals surface area contributed by atoms with E-state index in [-0.39, 0.29) is 10.9 Å². The Balaban J connectivity index is 1.99. The maximum Gasteiger partial charge on any atom is 0.308 e. The van der Waals surface area contributed by atoms with Crippen molar-refractivity contribution in [3.63, 3.8) is 0 Å². The summed E-state index contributed by atoms with van der Waals surface area (Å²) in [6.07, 6.45) is 1.81. The Morgan fingerprint density at radius 1 is 1.38 bits per heavy atom. The molecule has 0 radical (unpaired) electrons. The highest BCUT2D eigenvalue weighted by Crippen LogP contribution is 2.45. The highest BCUT2D eigenvalue weighted by molar-refractivity contribution is 9.10. The van der Waals surface area contributed by atoms with Gasteiger partial charge in [0.15, 0.2) is 0 Å². The summed E-state index contributed by atoms with van der Waals surface area (Å²) in [7, 11) is -3.64. The van der Waals surface area contributed by atoms with Crippen molar-refractivity contribution >= 4 is 31.9 Å². The van der Waals surface area contributed by atoms with Gasteiger partial charge in [0.1, 0.15) is 0 Å². The molecule has 0 spiro atoms. The summed E-state index contributed by atoms with van der Waals surface area (Å²) >= 11 is 3.35. The van der Waals surface area contributed by atoms with Crippen molar-refractivity contribution in [1.29, 1.82) is 0 Å². The fourth-order valence-corrected chi connectivity index (χ4v) is 5.91. The van der Waals surface area contributed by atoms with E-state index in [0.29, 0.717) is 12.8 Å². The topological polar surface area (TPSA) is 74.7 Å². The summed E-state index contributed by atoms with van der Waals surface area (Å²) < 4.78 is 27.9. The van der Waals surface area contributed by atoms with Crippen LogP contribution in [-0.2, 0) is 14.8 Å². The van der Waals surface area contributed by atoms with Crippen LogP contribution >= 0.6 is 15.9 Å². The molecule has 2 fully saturated rings. The van der Waals surface area contributed by atoms with E-state index in [1.165, 1.54) is 4.31 Å². The zero-order valence-electron chi connectivity index (χ0n) is 11.5. The first-order valence-electron chi connectivity index (χ1n) is 6.85. The highest BCUT2D eigenvalue weighted by Gasteiger charge is 2.54. The number of aryl methyl sites for hydroxylation is 1. The highest BCUT2D eigenvalue weighted by atomic mass is 79.9. The lowest BCUT2D eigenvalue weighted by atomic mass is 9.89. The van der Waals surface area contributed by atoms with Gasteiger partial charge in [-0.1, -0.05) is 22.0 Å². The van der Waals surface area contributed by atoms with Crippen molar-refractivity contribution in [3.8, 4) is 0 Å². The first-order valence-corrected chi connectivity index (χ1v) is 9.08. The Hall–Kier alpha value is -0.920. The number of carbonyl (C=O) groups is 1. The second-order valence-electron chi connectivity index (χ2n) is 5.72. The van der Waals surface area contributed by atoms with E-state index in [0.717, 1.165) is 16.5 Å². The number of sulfonamides is 1. The van der Waals surface area contributed by atoms with Crippen LogP contribution in [0.3, 0.4) is 0 Å². The molecule has 3 atom stereocenters. The molecule has 21 heavy (non-hydrogen) atoms. The van der Waals surface area contributed by atoms with Gasteiger partial charge < -0.3 is 5.11 Å². The van der Waals surface area contributed by atoms with Gasteiger partial charge in [-0.15, -0.1) is 0 Å². The molecule has 1 aromatic carbocycles. The SMILES string of the molecule is Cc1ccc(S(=O)(=O)N2C3CCC2C(C(=O)O)C3)cc1Br. The number of benzene rings is 1. The van der Waals surface area contributed by atoms with Crippen molar-refractivity contribution in [2.75, 3.05) is 0 Å². The normalized spacial score (nSPS) is 29.0. The van der Waals surface area contributed by atoms with Crippen LogP contribution in [0, 0.1) is 12.8 Å². The van der Waals surface area contributed by atoms with E-state index >= 15 is 0 Å². The van der Waals surface area contributed by atoms with Crippen molar-refractivity contribution < 1.29 is 18.3 Å². The molecule has 0 aliphatic carbocycles. The quantitative estimate of drug-likeness (QED) is 0.882. The standard InChI is InChI=1S/C14H16BrNO4S/c1-8-2-4-10(7-12(8)15)21(19,20)16-9-3-5-13(16)11(6-9)14(17)18/h2,4,7,9,11,13H,3,5-6H2,1H3,(H,17,18). The second-order valence-corrected chi connectivity index (χ2v) is 8.42. The van der Waals surface area contributed by atoms with Gasteiger partial charge in [-0.25, -0.2) is 8.42 Å². The molecule has 0 saturated carbocycles. The Morgan fingerprint density at radius 2 is 2.10 bits per heavy atom. The van der Waals surface area contributed by atoms with Crippen LogP contribution in [-0.4, -0.2) is 35.9 Å². The van der Waals surface area contributed by atoms with Gasteiger partial charge in [-0.05, 0) is 43.9 Å². The van der Waals surface area contributed by atoms with E-state index in [1.54, 1.807) is 18.2 Å². The maximum atomic E-state index is 12.8. The number of hydrogen-bond donors (Lipinski definition) is 1. The lowest BCUT2D eigenvalue weighted by molar-refractivity contribution is -0.142. The number of halogens is 1. The fraction of sp³-hybridized carbons (Fsp3) is 0.500. The molecular formula is C14H16BrNO4S. The van der Waals surface area contributed by atoms with Crippen LogP contribution in [0.1, 0.15) is 24.8 Å². The Kier molecular flexibility index (Phi) is 3.62. The first kappa shape index (κ1) is 15.0. The molecule has 114 valence electrons. The average molecular weight is 374 g/mol. The van der Waals surface area contributed by atoms with Gasteiger partial charge in [0, 0.05) is 16.6 Å². The smallest absolute Gasteiger partial charge is 0.308 e. The number of nitrogens with zero attached hydrogens (tertiary/aromatic N) is 1. The van der Waals surface area contributed by atoms with Crippen molar-refractivity contribution in [2.24, 2.45) is 5.92 Å². The van der Waals surface area contributed by atoms with Crippen molar-refractivity contribution in [2.45, 2.75) is 43.2 Å². The van der Waals surface area contributed by atoms with Gasteiger partial charge in [0.25, 0.3) is 0 Å². The maximum absolute atomic E-state index is 12.8. The van der Waals surface area contributed by atoms with E-state index in [2.05, 4.69) is 15.9 Å². The predicted molar refractivity (Wildman–Crippen MR) is 80.5 cm³/mol. The van der Waals surface area contributed by atoms with Crippen LogP contribution in [0.4, 0.5) is 0 Å². The summed E-state index contributed by atoms with van der Waals surface area (Å²) in [6.45, 7) is 1.89. The first-order chi connectivity index (χ1) is 9.82. The van der Waals surface area contributed by atoms with Crippen LogP contribution in [0.25, 0.3) is 0 Å². The average Bonchev–Trinajstić information content (AvgIpc) is 3.00. The summed E-state index contributed by atoms with van der Waals surface area (Å²) in [4.78, 5) is 11.5. The Labute approximate surface area is 132 Å². The minimum atomic E-state index is -3.64. The summed E-state index contributed by atoms with van der Waals surface area (Å²) in [5.41, 5.74) is 0.960. The van der Waals surface area contributed by atoms with Gasteiger partial charge in [-0.2, -0.15) is 4.31 Å². The third-order valence-corrected chi connectivity index (χ3v) is 7.34. The number of aliphatic carboxylic acids is 1. The third-order valence-electron chi connectivity index (χ3n) is 4.51. The molecule has 2 heterocycles. The van der Waals surface area contributed by atoms with Crippen LogP contribution < -0.4 is 0 Å². The van der Waals surface area contributed by atoms with Crippen LogP contribution in [0.2, 0.25) is 0 Å².